The van der Waals surface area contributed by atoms with Gasteiger partial charge >= 0.3 is 5.97 Å². The van der Waals surface area contributed by atoms with Gasteiger partial charge in [0.05, 0.1) is 17.9 Å². The van der Waals surface area contributed by atoms with Gasteiger partial charge in [-0.15, -0.1) is 0 Å². The van der Waals surface area contributed by atoms with Crippen molar-refractivity contribution in [2.45, 2.75) is 6.92 Å². The Labute approximate surface area is 139 Å². The van der Waals surface area contributed by atoms with E-state index in [4.69, 9.17) is 9.47 Å². The molecule has 0 atom stereocenters. The average Bonchev–Trinajstić information content (AvgIpc) is 2.61. The number of anilines is 1. The van der Waals surface area contributed by atoms with E-state index < -0.39 is 11.9 Å². The summed E-state index contributed by atoms with van der Waals surface area (Å²) in [6.45, 7) is 1.74. The second kappa shape index (κ2) is 8.47. The number of amides is 1. The Kier molecular flexibility index (Phi) is 6.08. The molecule has 0 saturated carbocycles. The molecule has 0 bridgehead atoms. The maximum absolute atomic E-state index is 12.0. The van der Waals surface area contributed by atoms with Crippen molar-refractivity contribution in [3.63, 3.8) is 0 Å². The summed E-state index contributed by atoms with van der Waals surface area (Å²) in [5.41, 5.74) is 1.17. The number of carbonyl (C=O) groups is 3. The standard InChI is InChI=1S/C18H17NO5/c1-2-23-18(22)15-5-3-4-6-16(15)19-17(21)12-24-14-9-7-13(11-20)8-10-14/h3-11H,2,12H2,1H3,(H,19,21). The molecule has 0 aliphatic heterocycles. The SMILES string of the molecule is CCOC(=O)c1ccccc1NC(=O)COc1ccc(C=O)cc1. The Morgan fingerprint density at radius 2 is 1.79 bits per heavy atom. The number of nitrogens with one attached hydrogen (secondary N) is 1. The summed E-state index contributed by atoms with van der Waals surface area (Å²) in [5.74, 6) is -0.445. The first-order chi connectivity index (χ1) is 11.6. The second-order valence-corrected chi connectivity index (χ2v) is 4.79. The lowest BCUT2D eigenvalue weighted by atomic mass is 10.2. The van der Waals surface area contributed by atoms with E-state index in [1.807, 2.05) is 0 Å². The van der Waals surface area contributed by atoms with Crippen molar-refractivity contribution < 1.29 is 23.9 Å². The third-order valence-corrected chi connectivity index (χ3v) is 3.08. The molecular weight excluding hydrogens is 310 g/mol. The summed E-state index contributed by atoms with van der Waals surface area (Å²) in [5, 5.41) is 2.62. The molecule has 6 heteroatoms. The Morgan fingerprint density at radius 1 is 1.08 bits per heavy atom. The molecule has 0 spiro atoms. The zero-order valence-electron chi connectivity index (χ0n) is 13.2. The molecule has 0 radical (unpaired) electrons. The highest BCUT2D eigenvalue weighted by Gasteiger charge is 2.14. The van der Waals surface area contributed by atoms with Crippen LogP contribution in [0.5, 0.6) is 5.75 Å². The first kappa shape index (κ1) is 17.2. The monoisotopic (exact) mass is 327 g/mol. The van der Waals surface area contributed by atoms with Crippen LogP contribution in [0.3, 0.4) is 0 Å². The molecule has 1 N–H and O–H groups in total. The van der Waals surface area contributed by atoms with Crippen LogP contribution >= 0.6 is 0 Å². The number of carbonyl (C=O) groups excluding carboxylic acids is 3. The van der Waals surface area contributed by atoms with Crippen LogP contribution in [-0.2, 0) is 9.53 Å². The van der Waals surface area contributed by atoms with Gasteiger partial charge in [0.2, 0.25) is 0 Å². The van der Waals surface area contributed by atoms with Gasteiger partial charge in [-0.3, -0.25) is 9.59 Å². The van der Waals surface area contributed by atoms with Crippen LogP contribution < -0.4 is 10.1 Å². The van der Waals surface area contributed by atoms with E-state index in [-0.39, 0.29) is 18.8 Å². The molecule has 124 valence electrons. The molecule has 0 fully saturated rings. The Balaban J connectivity index is 1.97. The number of rotatable bonds is 7. The number of esters is 1. The molecule has 0 saturated heterocycles. The van der Waals surface area contributed by atoms with Crippen LogP contribution in [0.25, 0.3) is 0 Å². The van der Waals surface area contributed by atoms with E-state index in [2.05, 4.69) is 5.32 Å². The van der Waals surface area contributed by atoms with Gasteiger partial charge in [-0.2, -0.15) is 0 Å². The zero-order valence-corrected chi connectivity index (χ0v) is 13.2. The van der Waals surface area contributed by atoms with Gasteiger partial charge in [-0.25, -0.2) is 4.79 Å². The first-order valence-corrected chi connectivity index (χ1v) is 7.38. The number of ether oxygens (including phenoxy) is 2. The molecule has 0 heterocycles. The van der Waals surface area contributed by atoms with E-state index in [9.17, 15) is 14.4 Å². The van der Waals surface area contributed by atoms with Gasteiger partial charge in [0.1, 0.15) is 12.0 Å². The number of aldehydes is 1. The van der Waals surface area contributed by atoms with Crippen molar-refractivity contribution in [1.82, 2.24) is 0 Å². The largest absolute Gasteiger partial charge is 0.484 e. The van der Waals surface area contributed by atoms with E-state index >= 15 is 0 Å². The van der Waals surface area contributed by atoms with Crippen molar-refractivity contribution in [2.24, 2.45) is 0 Å². The van der Waals surface area contributed by atoms with E-state index in [1.54, 1.807) is 55.5 Å². The molecule has 24 heavy (non-hydrogen) atoms. The summed E-state index contributed by atoms with van der Waals surface area (Å²) in [7, 11) is 0. The predicted molar refractivity (Wildman–Crippen MR) is 88.4 cm³/mol. The van der Waals surface area contributed by atoms with Crippen molar-refractivity contribution in [1.29, 1.82) is 0 Å². The smallest absolute Gasteiger partial charge is 0.340 e. The average molecular weight is 327 g/mol. The van der Waals surface area contributed by atoms with Crippen molar-refractivity contribution in [2.75, 3.05) is 18.5 Å². The summed E-state index contributed by atoms with van der Waals surface area (Å²) in [6.07, 6.45) is 0.725. The highest BCUT2D eigenvalue weighted by Crippen LogP contribution is 2.16. The van der Waals surface area contributed by atoms with Gasteiger partial charge in [0.15, 0.2) is 6.61 Å². The summed E-state index contributed by atoms with van der Waals surface area (Å²) in [6, 6.07) is 13.0. The number of benzene rings is 2. The Bertz CT molecular complexity index is 724. The molecule has 1 amide bonds. The molecule has 0 aromatic heterocycles. The molecular formula is C18H17NO5. The fraction of sp³-hybridized carbons (Fsp3) is 0.167. The van der Waals surface area contributed by atoms with E-state index in [1.165, 1.54) is 0 Å². The molecule has 0 aliphatic carbocycles. The van der Waals surface area contributed by atoms with Crippen LogP contribution in [0.4, 0.5) is 5.69 Å². The van der Waals surface area contributed by atoms with Crippen LogP contribution in [-0.4, -0.2) is 31.4 Å². The second-order valence-electron chi connectivity index (χ2n) is 4.79. The number of hydrogen-bond donors (Lipinski definition) is 1. The molecule has 6 nitrogen and oxygen atoms in total. The third-order valence-electron chi connectivity index (χ3n) is 3.08. The van der Waals surface area contributed by atoms with Crippen molar-refractivity contribution >= 4 is 23.9 Å². The highest BCUT2D eigenvalue weighted by atomic mass is 16.5. The van der Waals surface area contributed by atoms with Crippen molar-refractivity contribution in [3.05, 3.63) is 59.7 Å². The summed E-state index contributed by atoms with van der Waals surface area (Å²) < 4.78 is 10.3. The van der Waals surface area contributed by atoms with Crippen molar-refractivity contribution in [3.8, 4) is 5.75 Å². The fourth-order valence-electron chi connectivity index (χ4n) is 1.96. The minimum atomic E-state index is -0.501. The fourth-order valence-corrected chi connectivity index (χ4v) is 1.96. The zero-order chi connectivity index (χ0) is 17.4. The lowest BCUT2D eigenvalue weighted by Crippen LogP contribution is -2.22. The summed E-state index contributed by atoms with van der Waals surface area (Å²) in [4.78, 5) is 34.4. The maximum atomic E-state index is 12.0. The molecule has 2 rings (SSSR count). The summed E-state index contributed by atoms with van der Waals surface area (Å²) >= 11 is 0. The van der Waals surface area contributed by atoms with Gasteiger partial charge < -0.3 is 14.8 Å². The highest BCUT2D eigenvalue weighted by molar-refractivity contribution is 6.01. The molecule has 0 unspecified atom stereocenters. The maximum Gasteiger partial charge on any atom is 0.340 e. The Morgan fingerprint density at radius 3 is 2.46 bits per heavy atom. The van der Waals surface area contributed by atoms with E-state index in [0.717, 1.165) is 6.29 Å². The normalized spacial score (nSPS) is 9.88. The lowest BCUT2D eigenvalue weighted by Gasteiger charge is -2.11. The van der Waals surface area contributed by atoms with Gasteiger partial charge in [0, 0.05) is 5.56 Å². The molecule has 2 aromatic carbocycles. The Hall–Kier alpha value is -3.15. The molecule has 2 aromatic rings. The van der Waals surface area contributed by atoms with Gasteiger partial charge in [0.25, 0.3) is 5.91 Å². The predicted octanol–water partition coefficient (Wildman–Crippen LogP) is 2.69. The van der Waals surface area contributed by atoms with Crippen LogP contribution in [0.2, 0.25) is 0 Å². The van der Waals surface area contributed by atoms with Crippen LogP contribution in [0, 0.1) is 0 Å². The topological polar surface area (TPSA) is 81.7 Å². The first-order valence-electron chi connectivity index (χ1n) is 7.38. The van der Waals surface area contributed by atoms with E-state index in [0.29, 0.717) is 17.0 Å². The minimum absolute atomic E-state index is 0.225. The van der Waals surface area contributed by atoms with Gasteiger partial charge in [-0.05, 0) is 43.3 Å². The lowest BCUT2D eigenvalue weighted by molar-refractivity contribution is -0.118. The van der Waals surface area contributed by atoms with Gasteiger partial charge in [-0.1, -0.05) is 12.1 Å². The molecule has 0 aliphatic rings. The number of para-hydroxylation sites is 1. The van der Waals surface area contributed by atoms with Crippen LogP contribution in [0.1, 0.15) is 27.6 Å². The number of hydrogen-bond acceptors (Lipinski definition) is 5. The quantitative estimate of drug-likeness (QED) is 0.624. The third kappa shape index (κ3) is 4.67. The van der Waals surface area contributed by atoms with Crippen LogP contribution in [0.15, 0.2) is 48.5 Å². The minimum Gasteiger partial charge on any atom is -0.484 e.